The second-order valence-electron chi connectivity index (χ2n) is 3.69. The quantitative estimate of drug-likeness (QED) is 0.596. The number of nitrogens with one attached hydrogen (secondary N) is 2. The molecule has 0 saturated carbocycles. The molecule has 0 radical (unpaired) electrons. The van der Waals surface area contributed by atoms with Gasteiger partial charge in [-0.05, 0) is 11.6 Å². The van der Waals surface area contributed by atoms with Crippen molar-refractivity contribution in [1.82, 2.24) is 10.6 Å². The minimum Gasteiger partial charge on any atom is -0.391 e. The summed E-state index contributed by atoms with van der Waals surface area (Å²) in [6.45, 7) is 3.73. The topological polar surface area (TPSA) is 41.1 Å². The maximum absolute atomic E-state index is 11.3. The van der Waals surface area contributed by atoms with Crippen molar-refractivity contribution < 1.29 is 4.79 Å². The standard InChI is InChI=1S/C14H18N2O/c1-11(14(17)16-3)9-13(15-2)10-12-7-5-4-6-8-12/h4-9,15H,1,10H2,2-3H3,(H,16,17)/b13-9-. The van der Waals surface area contributed by atoms with Crippen LogP contribution in [0.25, 0.3) is 0 Å². The van der Waals surface area contributed by atoms with Crippen LogP contribution in [0.3, 0.4) is 0 Å². The van der Waals surface area contributed by atoms with Crippen LogP contribution in [0, 0.1) is 0 Å². The largest absolute Gasteiger partial charge is 0.391 e. The van der Waals surface area contributed by atoms with Gasteiger partial charge in [-0.3, -0.25) is 4.79 Å². The van der Waals surface area contributed by atoms with Gasteiger partial charge >= 0.3 is 0 Å². The van der Waals surface area contributed by atoms with Crippen molar-refractivity contribution in [2.75, 3.05) is 14.1 Å². The van der Waals surface area contributed by atoms with Gasteiger partial charge in [-0.15, -0.1) is 0 Å². The molecule has 0 aliphatic rings. The van der Waals surface area contributed by atoms with E-state index in [-0.39, 0.29) is 5.91 Å². The summed E-state index contributed by atoms with van der Waals surface area (Å²) < 4.78 is 0. The fourth-order valence-corrected chi connectivity index (χ4v) is 1.46. The van der Waals surface area contributed by atoms with E-state index in [1.54, 1.807) is 13.1 Å². The molecule has 1 rings (SSSR count). The van der Waals surface area contributed by atoms with Gasteiger partial charge in [0, 0.05) is 31.8 Å². The number of carbonyl (C=O) groups is 1. The molecular formula is C14H18N2O. The van der Waals surface area contributed by atoms with Gasteiger partial charge in [0.15, 0.2) is 0 Å². The third kappa shape index (κ3) is 4.15. The highest BCUT2D eigenvalue weighted by Crippen LogP contribution is 2.07. The van der Waals surface area contributed by atoms with Crippen LogP contribution in [0.15, 0.2) is 54.3 Å². The van der Waals surface area contributed by atoms with Crippen molar-refractivity contribution in [3.05, 3.63) is 59.8 Å². The van der Waals surface area contributed by atoms with Gasteiger partial charge in [-0.25, -0.2) is 0 Å². The first kappa shape index (κ1) is 13.0. The summed E-state index contributed by atoms with van der Waals surface area (Å²) in [4.78, 5) is 11.3. The summed E-state index contributed by atoms with van der Waals surface area (Å²) in [5.74, 6) is -0.161. The Morgan fingerprint density at radius 1 is 1.24 bits per heavy atom. The molecule has 0 aliphatic carbocycles. The zero-order chi connectivity index (χ0) is 12.7. The van der Waals surface area contributed by atoms with Crippen molar-refractivity contribution in [2.45, 2.75) is 6.42 Å². The maximum atomic E-state index is 11.3. The predicted octanol–water partition coefficient (Wildman–Crippen LogP) is 1.63. The molecule has 0 bridgehead atoms. The highest BCUT2D eigenvalue weighted by Gasteiger charge is 2.03. The van der Waals surface area contributed by atoms with Crippen LogP contribution in [0.5, 0.6) is 0 Å². The average Bonchev–Trinajstić information content (AvgIpc) is 2.38. The number of likely N-dealkylation sites (N-methyl/N-ethyl adjacent to an activating group) is 2. The Labute approximate surface area is 102 Å². The van der Waals surface area contributed by atoms with E-state index in [1.165, 1.54) is 5.56 Å². The Kier molecular flexibility index (Phi) is 5.01. The average molecular weight is 230 g/mol. The fourth-order valence-electron chi connectivity index (χ4n) is 1.46. The minimum atomic E-state index is -0.161. The third-order valence-corrected chi connectivity index (χ3v) is 2.43. The molecule has 0 fully saturated rings. The van der Waals surface area contributed by atoms with Gasteiger partial charge in [-0.1, -0.05) is 36.9 Å². The molecule has 1 amide bonds. The monoisotopic (exact) mass is 230 g/mol. The Morgan fingerprint density at radius 3 is 2.41 bits per heavy atom. The highest BCUT2D eigenvalue weighted by molar-refractivity contribution is 5.95. The molecule has 3 heteroatoms. The Morgan fingerprint density at radius 2 is 1.88 bits per heavy atom. The fraction of sp³-hybridized carbons (Fsp3) is 0.214. The zero-order valence-corrected chi connectivity index (χ0v) is 10.3. The molecule has 90 valence electrons. The minimum absolute atomic E-state index is 0.161. The smallest absolute Gasteiger partial charge is 0.250 e. The van der Waals surface area contributed by atoms with E-state index in [4.69, 9.17) is 0 Å². The lowest BCUT2D eigenvalue weighted by Crippen LogP contribution is -2.19. The maximum Gasteiger partial charge on any atom is 0.250 e. The van der Waals surface area contributed by atoms with Crippen molar-refractivity contribution in [2.24, 2.45) is 0 Å². The summed E-state index contributed by atoms with van der Waals surface area (Å²) in [6, 6.07) is 10.1. The Hall–Kier alpha value is -2.03. The molecule has 0 heterocycles. The number of benzene rings is 1. The zero-order valence-electron chi connectivity index (χ0n) is 10.3. The van der Waals surface area contributed by atoms with Gasteiger partial charge in [0.05, 0.1) is 0 Å². The number of hydrogen-bond donors (Lipinski definition) is 2. The third-order valence-electron chi connectivity index (χ3n) is 2.43. The first-order valence-corrected chi connectivity index (χ1v) is 5.50. The molecule has 0 atom stereocenters. The summed E-state index contributed by atoms with van der Waals surface area (Å²) in [5, 5.41) is 5.63. The van der Waals surface area contributed by atoms with Crippen molar-refractivity contribution in [3.63, 3.8) is 0 Å². The first-order valence-electron chi connectivity index (χ1n) is 5.50. The van der Waals surface area contributed by atoms with Crippen LogP contribution in [-0.4, -0.2) is 20.0 Å². The Balaban J connectivity index is 2.75. The van der Waals surface area contributed by atoms with Crippen LogP contribution in [0.1, 0.15) is 5.56 Å². The van der Waals surface area contributed by atoms with Gasteiger partial charge in [0.1, 0.15) is 0 Å². The molecule has 0 aliphatic heterocycles. The normalized spacial score (nSPS) is 10.8. The van der Waals surface area contributed by atoms with Crippen LogP contribution in [-0.2, 0) is 11.2 Å². The number of allylic oxidation sites excluding steroid dienone is 1. The molecule has 0 aromatic heterocycles. The number of rotatable bonds is 5. The van der Waals surface area contributed by atoms with E-state index < -0.39 is 0 Å². The van der Waals surface area contributed by atoms with Crippen molar-refractivity contribution in [1.29, 1.82) is 0 Å². The molecule has 0 saturated heterocycles. The molecule has 1 aromatic rings. The van der Waals surface area contributed by atoms with E-state index in [9.17, 15) is 4.79 Å². The SMILES string of the molecule is C=C(/C=C(/Cc1ccccc1)NC)C(=O)NC. The van der Waals surface area contributed by atoms with E-state index in [1.807, 2.05) is 37.4 Å². The second-order valence-corrected chi connectivity index (χ2v) is 3.69. The summed E-state index contributed by atoms with van der Waals surface area (Å²) in [7, 11) is 3.43. The molecule has 2 N–H and O–H groups in total. The predicted molar refractivity (Wildman–Crippen MR) is 70.5 cm³/mol. The van der Waals surface area contributed by atoms with E-state index >= 15 is 0 Å². The van der Waals surface area contributed by atoms with E-state index in [0.29, 0.717) is 5.57 Å². The van der Waals surface area contributed by atoms with Crippen molar-refractivity contribution in [3.8, 4) is 0 Å². The van der Waals surface area contributed by atoms with Gasteiger partial charge in [0.2, 0.25) is 5.91 Å². The lowest BCUT2D eigenvalue weighted by molar-refractivity contribution is -0.116. The summed E-state index contributed by atoms with van der Waals surface area (Å²) >= 11 is 0. The van der Waals surface area contributed by atoms with Crippen LogP contribution in [0.2, 0.25) is 0 Å². The molecule has 0 spiro atoms. The van der Waals surface area contributed by atoms with E-state index in [2.05, 4.69) is 17.2 Å². The van der Waals surface area contributed by atoms with Crippen LogP contribution >= 0.6 is 0 Å². The molecule has 1 aromatic carbocycles. The first-order chi connectivity index (χ1) is 8.17. The van der Waals surface area contributed by atoms with Crippen LogP contribution in [0.4, 0.5) is 0 Å². The lowest BCUT2D eigenvalue weighted by Gasteiger charge is -2.08. The van der Waals surface area contributed by atoms with Gasteiger partial charge in [0.25, 0.3) is 0 Å². The summed E-state index contributed by atoms with van der Waals surface area (Å²) in [5.41, 5.74) is 2.61. The highest BCUT2D eigenvalue weighted by atomic mass is 16.1. The molecule has 0 unspecified atom stereocenters. The van der Waals surface area contributed by atoms with Crippen LogP contribution < -0.4 is 10.6 Å². The van der Waals surface area contributed by atoms with Crippen molar-refractivity contribution >= 4 is 5.91 Å². The number of hydrogen-bond acceptors (Lipinski definition) is 2. The second kappa shape index (κ2) is 6.53. The number of carbonyl (C=O) groups excluding carboxylic acids is 1. The number of amides is 1. The van der Waals surface area contributed by atoms with Gasteiger partial charge in [-0.2, -0.15) is 0 Å². The Bertz CT molecular complexity index is 421. The molecule has 3 nitrogen and oxygen atoms in total. The lowest BCUT2D eigenvalue weighted by atomic mass is 10.1. The summed E-state index contributed by atoms with van der Waals surface area (Å²) in [6.07, 6.45) is 2.53. The van der Waals surface area contributed by atoms with Gasteiger partial charge < -0.3 is 10.6 Å². The molecule has 17 heavy (non-hydrogen) atoms. The van der Waals surface area contributed by atoms with E-state index in [0.717, 1.165) is 12.1 Å². The molecular weight excluding hydrogens is 212 g/mol.